The van der Waals surface area contributed by atoms with Crippen LogP contribution in [-0.2, 0) is 23.0 Å². The van der Waals surface area contributed by atoms with Gasteiger partial charge < -0.3 is 14.7 Å². The van der Waals surface area contributed by atoms with Crippen LogP contribution in [0, 0.1) is 0 Å². The Bertz CT molecular complexity index is 1350. The summed E-state index contributed by atoms with van der Waals surface area (Å²) in [5.74, 6) is 0.838. The van der Waals surface area contributed by atoms with Crippen LogP contribution >= 0.6 is 0 Å². The van der Waals surface area contributed by atoms with Crippen LogP contribution < -0.4 is 9.21 Å². The van der Waals surface area contributed by atoms with E-state index in [1.165, 1.54) is 4.31 Å². The van der Waals surface area contributed by atoms with E-state index in [-0.39, 0.29) is 10.8 Å². The van der Waals surface area contributed by atoms with Crippen LogP contribution in [0.25, 0.3) is 0 Å². The highest BCUT2D eigenvalue weighted by Crippen LogP contribution is 2.32. The number of hydrogen-bond acceptors (Lipinski definition) is 6. The molecule has 37 heavy (non-hydrogen) atoms. The SMILES string of the molecule is CN(C)Cc1ccc(N2CCN(C(=O)c3ccc(S(=O)(=O)N4CCCc5ccccc54)cc3)CC2)nc1. The number of piperazine rings is 1. The Morgan fingerprint density at radius 3 is 2.32 bits per heavy atom. The zero-order valence-corrected chi connectivity index (χ0v) is 22.2. The molecule has 0 unspecified atom stereocenters. The molecule has 3 heterocycles. The number of anilines is 2. The van der Waals surface area contributed by atoms with Gasteiger partial charge in [0.05, 0.1) is 10.6 Å². The summed E-state index contributed by atoms with van der Waals surface area (Å²) in [7, 11) is 0.366. The van der Waals surface area contributed by atoms with Crippen molar-refractivity contribution in [2.24, 2.45) is 0 Å². The molecular weight excluding hydrogens is 486 g/mol. The third-order valence-corrected chi connectivity index (χ3v) is 8.78. The topological polar surface area (TPSA) is 77.1 Å². The van der Waals surface area contributed by atoms with Crippen LogP contribution in [0.5, 0.6) is 0 Å². The molecule has 1 saturated heterocycles. The van der Waals surface area contributed by atoms with Crippen LogP contribution in [0.3, 0.4) is 0 Å². The van der Waals surface area contributed by atoms with Crippen LogP contribution in [-0.4, -0.2) is 75.9 Å². The Morgan fingerprint density at radius 1 is 0.919 bits per heavy atom. The number of benzene rings is 2. The number of nitrogens with zero attached hydrogens (tertiary/aromatic N) is 5. The average Bonchev–Trinajstić information content (AvgIpc) is 2.92. The lowest BCUT2D eigenvalue weighted by molar-refractivity contribution is 0.0746. The molecule has 194 valence electrons. The van der Waals surface area contributed by atoms with Gasteiger partial charge in [-0.2, -0.15) is 0 Å². The van der Waals surface area contributed by atoms with Crippen LogP contribution in [0.15, 0.2) is 71.8 Å². The minimum atomic E-state index is -3.70. The fourth-order valence-corrected chi connectivity index (χ4v) is 6.57. The second-order valence-electron chi connectivity index (χ2n) is 9.88. The smallest absolute Gasteiger partial charge is 0.264 e. The Morgan fingerprint density at radius 2 is 1.65 bits per heavy atom. The number of carbonyl (C=O) groups excluding carboxylic acids is 1. The van der Waals surface area contributed by atoms with Gasteiger partial charge in [-0.05, 0) is 74.5 Å². The number of sulfonamides is 1. The zero-order valence-electron chi connectivity index (χ0n) is 21.4. The minimum Gasteiger partial charge on any atom is -0.353 e. The van der Waals surface area contributed by atoms with Crippen molar-refractivity contribution in [3.63, 3.8) is 0 Å². The van der Waals surface area contributed by atoms with E-state index in [1.54, 1.807) is 24.3 Å². The molecular formula is C28H33N5O3S. The number of amides is 1. The highest BCUT2D eigenvalue weighted by molar-refractivity contribution is 7.92. The molecule has 1 aromatic heterocycles. The van der Waals surface area contributed by atoms with Crippen molar-refractivity contribution >= 4 is 27.4 Å². The van der Waals surface area contributed by atoms with Crippen molar-refractivity contribution < 1.29 is 13.2 Å². The van der Waals surface area contributed by atoms with Crippen molar-refractivity contribution in [1.82, 2.24) is 14.8 Å². The number of aromatic nitrogens is 1. The molecule has 0 bridgehead atoms. The molecule has 9 heteroatoms. The predicted octanol–water partition coefficient (Wildman–Crippen LogP) is 3.25. The molecule has 5 rings (SSSR count). The van der Waals surface area contributed by atoms with Gasteiger partial charge in [-0.25, -0.2) is 13.4 Å². The Kier molecular flexibility index (Phi) is 7.17. The first-order valence-corrected chi connectivity index (χ1v) is 14.1. The normalized spacial score (nSPS) is 16.1. The Balaban J connectivity index is 1.23. The Labute approximate surface area is 219 Å². The number of fused-ring (bicyclic) bond motifs is 1. The highest BCUT2D eigenvalue weighted by Gasteiger charge is 2.29. The standard InChI is InChI=1S/C28H33N5O3S/c1-30(2)21-22-9-14-27(29-20-22)31-16-18-32(19-17-31)28(34)24-10-12-25(13-11-24)37(35,36)33-15-5-7-23-6-3-4-8-26(23)33/h3-4,6,8-14,20H,5,7,15-19,21H2,1-2H3. The first-order valence-electron chi connectivity index (χ1n) is 12.7. The lowest BCUT2D eigenvalue weighted by atomic mass is 10.0. The lowest BCUT2D eigenvalue weighted by Gasteiger charge is -2.35. The van der Waals surface area contributed by atoms with E-state index in [4.69, 9.17) is 0 Å². The fourth-order valence-electron chi connectivity index (χ4n) is 5.03. The van der Waals surface area contributed by atoms with E-state index >= 15 is 0 Å². The summed E-state index contributed by atoms with van der Waals surface area (Å²) in [6.45, 7) is 3.88. The quantitative estimate of drug-likeness (QED) is 0.498. The van der Waals surface area contributed by atoms with Crippen molar-refractivity contribution in [2.45, 2.75) is 24.3 Å². The summed E-state index contributed by atoms with van der Waals surface area (Å²) in [5.41, 5.74) is 3.45. The molecule has 3 aromatic rings. The lowest BCUT2D eigenvalue weighted by Crippen LogP contribution is -2.49. The summed E-state index contributed by atoms with van der Waals surface area (Å²) in [5, 5.41) is 0. The van der Waals surface area contributed by atoms with Gasteiger partial charge >= 0.3 is 0 Å². The van der Waals surface area contributed by atoms with Gasteiger partial charge in [-0.3, -0.25) is 9.10 Å². The third-order valence-electron chi connectivity index (χ3n) is 6.96. The number of rotatable bonds is 6. The molecule has 1 fully saturated rings. The van der Waals surface area contributed by atoms with Crippen molar-refractivity contribution in [3.8, 4) is 0 Å². The van der Waals surface area contributed by atoms with Gasteiger partial charge in [-0.15, -0.1) is 0 Å². The number of para-hydroxylation sites is 1. The van der Waals surface area contributed by atoms with Crippen molar-refractivity contribution in [2.75, 3.05) is 56.0 Å². The minimum absolute atomic E-state index is 0.0822. The Hall–Kier alpha value is -3.43. The monoisotopic (exact) mass is 519 g/mol. The third kappa shape index (κ3) is 5.33. The fraction of sp³-hybridized carbons (Fsp3) is 0.357. The average molecular weight is 520 g/mol. The van der Waals surface area contributed by atoms with Crippen LogP contribution in [0.1, 0.15) is 27.9 Å². The maximum atomic E-state index is 13.4. The maximum Gasteiger partial charge on any atom is 0.264 e. The van der Waals surface area contributed by atoms with Crippen molar-refractivity contribution in [1.29, 1.82) is 0 Å². The highest BCUT2D eigenvalue weighted by atomic mass is 32.2. The first-order chi connectivity index (χ1) is 17.8. The second kappa shape index (κ2) is 10.5. The molecule has 1 amide bonds. The molecule has 0 saturated carbocycles. The molecule has 0 spiro atoms. The molecule has 0 aliphatic carbocycles. The van der Waals surface area contributed by atoms with E-state index in [1.807, 2.05) is 55.5 Å². The summed E-state index contributed by atoms with van der Waals surface area (Å²) in [4.78, 5) is 24.1. The second-order valence-corrected chi connectivity index (χ2v) is 11.7. The van der Waals surface area contributed by atoms with E-state index < -0.39 is 10.0 Å². The van der Waals surface area contributed by atoms with E-state index in [0.717, 1.165) is 42.0 Å². The van der Waals surface area contributed by atoms with Gasteiger partial charge in [0.1, 0.15) is 5.82 Å². The van der Waals surface area contributed by atoms with Crippen LogP contribution in [0.2, 0.25) is 0 Å². The number of pyridine rings is 1. The van der Waals surface area contributed by atoms with Crippen LogP contribution in [0.4, 0.5) is 11.5 Å². The van der Waals surface area contributed by atoms with E-state index in [2.05, 4.69) is 20.9 Å². The molecule has 0 atom stereocenters. The summed E-state index contributed by atoms with van der Waals surface area (Å²) in [6.07, 6.45) is 3.57. The van der Waals surface area contributed by atoms with Gasteiger partial charge in [-0.1, -0.05) is 24.3 Å². The summed E-state index contributed by atoms with van der Waals surface area (Å²) >= 11 is 0. The molecule has 2 aliphatic heterocycles. The summed E-state index contributed by atoms with van der Waals surface area (Å²) in [6, 6.07) is 18.1. The maximum absolute atomic E-state index is 13.4. The number of aryl methyl sites for hydroxylation is 1. The van der Waals surface area contributed by atoms with E-state index in [9.17, 15) is 13.2 Å². The van der Waals surface area contributed by atoms with Gasteiger partial charge in [0.15, 0.2) is 0 Å². The number of hydrogen-bond donors (Lipinski definition) is 0. The van der Waals surface area contributed by atoms with Gasteiger partial charge in [0, 0.05) is 51.0 Å². The molecule has 8 nitrogen and oxygen atoms in total. The largest absolute Gasteiger partial charge is 0.353 e. The predicted molar refractivity (Wildman–Crippen MR) is 145 cm³/mol. The molecule has 2 aromatic carbocycles. The molecule has 0 radical (unpaired) electrons. The van der Waals surface area contributed by atoms with Gasteiger partial charge in [0.25, 0.3) is 15.9 Å². The molecule has 0 N–H and O–H groups in total. The first kappa shape index (κ1) is 25.2. The van der Waals surface area contributed by atoms with Crippen molar-refractivity contribution in [3.05, 3.63) is 83.6 Å². The number of carbonyl (C=O) groups is 1. The van der Waals surface area contributed by atoms with E-state index in [0.29, 0.717) is 38.3 Å². The summed E-state index contributed by atoms with van der Waals surface area (Å²) < 4.78 is 28.3. The van der Waals surface area contributed by atoms with Gasteiger partial charge in [0.2, 0.25) is 0 Å². The molecule has 2 aliphatic rings. The zero-order chi connectivity index (χ0) is 26.0.